The summed E-state index contributed by atoms with van der Waals surface area (Å²) in [7, 11) is 0. The molecule has 2 saturated heterocycles. The van der Waals surface area contributed by atoms with Gasteiger partial charge >= 0.3 is 0 Å². The van der Waals surface area contributed by atoms with E-state index in [0.717, 1.165) is 50.0 Å². The Balaban J connectivity index is 1.23. The number of nitrogens with one attached hydrogen (secondary N) is 1. The standard InChI is InChI=1S/C21H24N8O3/c30-17-14-2-3-21(15(14)23-20(25-17)28-10-12-32-13-11-28)4-8-27(9-5-21)18(31)16-24-19-22-6-1-7-29(19)26-16/h1,6-7H,2-5,8-13H2,(H,23,25,30). The van der Waals surface area contributed by atoms with Crippen molar-refractivity contribution in [1.82, 2.24) is 34.4 Å². The van der Waals surface area contributed by atoms with Crippen LogP contribution in [0.4, 0.5) is 5.95 Å². The summed E-state index contributed by atoms with van der Waals surface area (Å²) in [6.07, 6.45) is 6.52. The lowest BCUT2D eigenvalue weighted by Gasteiger charge is -2.39. The number of piperidine rings is 1. The number of H-pyrrole nitrogens is 1. The molecule has 1 N–H and O–H groups in total. The Morgan fingerprint density at radius 2 is 1.91 bits per heavy atom. The van der Waals surface area contributed by atoms with Gasteiger partial charge in [-0.3, -0.25) is 14.6 Å². The lowest BCUT2D eigenvalue weighted by atomic mass is 9.76. The van der Waals surface area contributed by atoms with Gasteiger partial charge in [0.1, 0.15) is 0 Å². The first-order valence-electron chi connectivity index (χ1n) is 11.1. The minimum atomic E-state index is -0.184. The quantitative estimate of drug-likeness (QED) is 0.603. The third-order valence-electron chi connectivity index (χ3n) is 6.99. The smallest absolute Gasteiger partial charge is 0.293 e. The van der Waals surface area contributed by atoms with E-state index in [9.17, 15) is 9.59 Å². The van der Waals surface area contributed by atoms with Crippen LogP contribution in [0.25, 0.3) is 5.78 Å². The second kappa shape index (κ2) is 7.37. The van der Waals surface area contributed by atoms with Gasteiger partial charge in [-0.2, -0.15) is 4.98 Å². The number of aromatic amines is 1. The highest BCUT2D eigenvalue weighted by molar-refractivity contribution is 5.91. The van der Waals surface area contributed by atoms with E-state index in [1.807, 2.05) is 0 Å². The van der Waals surface area contributed by atoms with Gasteiger partial charge in [0, 0.05) is 49.6 Å². The molecule has 1 spiro atoms. The number of fused-ring (bicyclic) bond motifs is 3. The van der Waals surface area contributed by atoms with Crippen LogP contribution in [0.5, 0.6) is 0 Å². The molecule has 166 valence electrons. The lowest BCUT2D eigenvalue weighted by Crippen LogP contribution is -2.45. The highest BCUT2D eigenvalue weighted by atomic mass is 16.5. The molecule has 0 saturated carbocycles. The molecule has 2 fully saturated rings. The minimum Gasteiger partial charge on any atom is -0.378 e. The van der Waals surface area contributed by atoms with Crippen LogP contribution in [0.3, 0.4) is 0 Å². The first kappa shape index (κ1) is 19.4. The van der Waals surface area contributed by atoms with Crippen molar-refractivity contribution in [3.05, 3.63) is 45.9 Å². The van der Waals surface area contributed by atoms with Crippen molar-refractivity contribution < 1.29 is 9.53 Å². The Kier molecular flexibility index (Phi) is 4.46. The molecular formula is C21H24N8O3. The number of aromatic nitrogens is 6. The van der Waals surface area contributed by atoms with Gasteiger partial charge in [-0.05, 0) is 31.7 Å². The molecule has 0 atom stereocenters. The van der Waals surface area contributed by atoms with Crippen molar-refractivity contribution in [1.29, 1.82) is 0 Å². The molecule has 2 aliphatic heterocycles. The molecule has 3 aromatic rings. The van der Waals surface area contributed by atoms with Crippen molar-refractivity contribution >= 4 is 17.6 Å². The fraction of sp³-hybridized carbons (Fsp3) is 0.524. The van der Waals surface area contributed by atoms with Crippen molar-refractivity contribution in [2.24, 2.45) is 0 Å². The predicted molar refractivity (Wildman–Crippen MR) is 114 cm³/mol. The largest absolute Gasteiger partial charge is 0.378 e. The summed E-state index contributed by atoms with van der Waals surface area (Å²) in [5.41, 5.74) is 1.53. The molecule has 0 unspecified atom stereocenters. The van der Waals surface area contributed by atoms with Crippen LogP contribution in [0.1, 0.15) is 41.1 Å². The number of carbonyl (C=O) groups is 1. The number of likely N-dealkylation sites (tertiary alicyclic amines) is 1. The molecule has 5 heterocycles. The van der Waals surface area contributed by atoms with Gasteiger partial charge in [0.25, 0.3) is 17.2 Å². The number of nitrogens with zero attached hydrogens (tertiary/aromatic N) is 7. The van der Waals surface area contributed by atoms with Crippen LogP contribution in [0, 0.1) is 0 Å². The molecule has 1 aliphatic carbocycles. The van der Waals surface area contributed by atoms with Crippen LogP contribution < -0.4 is 10.5 Å². The number of ether oxygens (including phenoxy) is 1. The molecule has 3 aromatic heterocycles. The first-order valence-corrected chi connectivity index (χ1v) is 11.1. The SMILES string of the molecule is O=C(c1nc2ncccn2n1)N1CCC2(CCc3c2nc(N2CCOCC2)[nH]c3=O)CC1. The number of amides is 1. The zero-order valence-electron chi connectivity index (χ0n) is 17.7. The van der Waals surface area contributed by atoms with Crippen molar-refractivity contribution in [2.45, 2.75) is 31.1 Å². The Hall–Kier alpha value is -3.34. The molecule has 11 heteroatoms. The topological polar surface area (TPSA) is 122 Å². The zero-order valence-corrected chi connectivity index (χ0v) is 17.7. The van der Waals surface area contributed by atoms with E-state index in [1.54, 1.807) is 23.4 Å². The number of rotatable bonds is 2. The Bertz CT molecular complexity index is 1200. The van der Waals surface area contributed by atoms with E-state index in [-0.39, 0.29) is 22.7 Å². The fourth-order valence-electron chi connectivity index (χ4n) is 5.15. The van der Waals surface area contributed by atoms with Crippen molar-refractivity contribution in [3.63, 3.8) is 0 Å². The Morgan fingerprint density at radius 1 is 1.09 bits per heavy atom. The van der Waals surface area contributed by atoms with E-state index in [2.05, 4.69) is 25.0 Å². The monoisotopic (exact) mass is 436 g/mol. The van der Waals surface area contributed by atoms with Crippen LogP contribution in [0.2, 0.25) is 0 Å². The molecule has 3 aliphatic rings. The van der Waals surface area contributed by atoms with Crippen LogP contribution >= 0.6 is 0 Å². The summed E-state index contributed by atoms with van der Waals surface area (Å²) in [5, 5.41) is 4.27. The zero-order chi connectivity index (χ0) is 21.7. The van der Waals surface area contributed by atoms with E-state index in [1.165, 1.54) is 4.52 Å². The maximum atomic E-state index is 13.0. The maximum absolute atomic E-state index is 13.0. The summed E-state index contributed by atoms with van der Waals surface area (Å²) in [6, 6.07) is 1.75. The van der Waals surface area contributed by atoms with Gasteiger partial charge in [-0.25, -0.2) is 14.5 Å². The highest BCUT2D eigenvalue weighted by Crippen LogP contribution is 2.44. The summed E-state index contributed by atoms with van der Waals surface area (Å²) in [4.78, 5) is 46.0. The third-order valence-corrected chi connectivity index (χ3v) is 6.99. The normalized spacial score (nSPS) is 20.1. The highest BCUT2D eigenvalue weighted by Gasteiger charge is 2.45. The van der Waals surface area contributed by atoms with Gasteiger partial charge in [0.05, 0.1) is 18.9 Å². The lowest BCUT2D eigenvalue weighted by molar-refractivity contribution is 0.0651. The predicted octanol–water partition coefficient (Wildman–Crippen LogP) is 0.164. The third kappa shape index (κ3) is 3.07. The minimum absolute atomic E-state index is 0.0340. The summed E-state index contributed by atoms with van der Waals surface area (Å²) in [5.74, 6) is 1.03. The van der Waals surface area contributed by atoms with E-state index in [0.29, 0.717) is 38.0 Å². The molecular weight excluding hydrogens is 412 g/mol. The first-order chi connectivity index (χ1) is 15.6. The second-order valence-electron chi connectivity index (χ2n) is 8.69. The molecule has 1 amide bonds. The van der Waals surface area contributed by atoms with E-state index in [4.69, 9.17) is 9.72 Å². The summed E-state index contributed by atoms with van der Waals surface area (Å²) >= 11 is 0. The van der Waals surface area contributed by atoms with Crippen LogP contribution in [0.15, 0.2) is 23.3 Å². The average molecular weight is 436 g/mol. The Labute approximate surface area is 183 Å². The Morgan fingerprint density at radius 3 is 2.69 bits per heavy atom. The molecule has 32 heavy (non-hydrogen) atoms. The van der Waals surface area contributed by atoms with Gasteiger partial charge in [-0.1, -0.05) is 0 Å². The number of hydrogen-bond acceptors (Lipinski definition) is 8. The molecule has 0 radical (unpaired) electrons. The van der Waals surface area contributed by atoms with Gasteiger partial charge in [-0.15, -0.1) is 5.10 Å². The van der Waals surface area contributed by atoms with E-state index < -0.39 is 0 Å². The van der Waals surface area contributed by atoms with Crippen molar-refractivity contribution in [2.75, 3.05) is 44.3 Å². The van der Waals surface area contributed by atoms with Crippen LogP contribution in [-0.2, 0) is 16.6 Å². The summed E-state index contributed by atoms with van der Waals surface area (Å²) in [6.45, 7) is 3.88. The van der Waals surface area contributed by atoms with Gasteiger partial charge in [0.15, 0.2) is 0 Å². The second-order valence-corrected chi connectivity index (χ2v) is 8.69. The van der Waals surface area contributed by atoms with Crippen LogP contribution in [-0.4, -0.2) is 79.7 Å². The molecule has 11 nitrogen and oxygen atoms in total. The number of carbonyl (C=O) groups excluding carboxylic acids is 1. The van der Waals surface area contributed by atoms with Gasteiger partial charge < -0.3 is 14.5 Å². The fourth-order valence-corrected chi connectivity index (χ4v) is 5.15. The number of anilines is 1. The number of hydrogen-bond donors (Lipinski definition) is 1. The number of morpholine rings is 1. The maximum Gasteiger partial charge on any atom is 0.293 e. The average Bonchev–Trinajstić information content (AvgIpc) is 3.42. The summed E-state index contributed by atoms with van der Waals surface area (Å²) < 4.78 is 6.94. The molecule has 6 rings (SSSR count). The molecule has 0 aromatic carbocycles. The molecule has 0 bridgehead atoms. The van der Waals surface area contributed by atoms with Gasteiger partial charge in [0.2, 0.25) is 11.8 Å². The van der Waals surface area contributed by atoms with E-state index >= 15 is 0 Å². The van der Waals surface area contributed by atoms with Crippen molar-refractivity contribution in [3.8, 4) is 0 Å².